The Morgan fingerprint density at radius 2 is 2.07 bits per heavy atom. The van der Waals surface area contributed by atoms with Crippen LogP contribution in [0.5, 0.6) is 0 Å². The highest BCUT2D eigenvalue weighted by Gasteiger charge is 2.32. The van der Waals surface area contributed by atoms with Gasteiger partial charge in [-0.2, -0.15) is 13.2 Å². The van der Waals surface area contributed by atoms with Crippen molar-refractivity contribution in [2.45, 2.75) is 26.1 Å². The highest BCUT2D eigenvalue weighted by molar-refractivity contribution is 14.0. The minimum atomic E-state index is -4.41. The normalized spacial score (nSPS) is 18.1. The van der Waals surface area contributed by atoms with Crippen LogP contribution in [0.15, 0.2) is 29.3 Å². The van der Waals surface area contributed by atoms with Crippen LogP contribution in [-0.2, 0) is 20.9 Å². The van der Waals surface area contributed by atoms with E-state index in [-0.39, 0.29) is 42.8 Å². The molecule has 1 saturated heterocycles. The summed E-state index contributed by atoms with van der Waals surface area (Å²) >= 11 is 0. The van der Waals surface area contributed by atoms with Crippen molar-refractivity contribution >= 4 is 40.0 Å². The van der Waals surface area contributed by atoms with Crippen LogP contribution < -0.4 is 10.0 Å². The summed E-state index contributed by atoms with van der Waals surface area (Å²) in [4.78, 5) is 6.34. The van der Waals surface area contributed by atoms with Crippen LogP contribution in [-0.4, -0.2) is 64.4 Å². The zero-order valence-electron chi connectivity index (χ0n) is 16.9. The Balaban J connectivity index is 0.00000450. The van der Waals surface area contributed by atoms with Gasteiger partial charge in [-0.25, -0.2) is 13.1 Å². The van der Waals surface area contributed by atoms with Gasteiger partial charge in [-0.05, 0) is 31.5 Å². The molecular weight excluding hydrogens is 536 g/mol. The largest absolute Gasteiger partial charge is 0.416 e. The molecule has 0 radical (unpaired) electrons. The van der Waals surface area contributed by atoms with E-state index in [1.54, 1.807) is 13.0 Å². The Morgan fingerprint density at radius 3 is 2.70 bits per heavy atom. The molecular formula is C18H28F3IN4O3S. The van der Waals surface area contributed by atoms with Gasteiger partial charge in [0.25, 0.3) is 0 Å². The first-order chi connectivity index (χ1) is 13.7. The van der Waals surface area contributed by atoms with Crippen molar-refractivity contribution in [3.05, 3.63) is 35.4 Å². The zero-order chi connectivity index (χ0) is 21.5. The number of morpholine rings is 1. The van der Waals surface area contributed by atoms with Crippen LogP contribution in [0.2, 0.25) is 0 Å². The molecule has 1 fully saturated rings. The van der Waals surface area contributed by atoms with Gasteiger partial charge in [0.05, 0.1) is 31.0 Å². The third-order valence-electron chi connectivity index (χ3n) is 4.36. The van der Waals surface area contributed by atoms with Gasteiger partial charge in [0.1, 0.15) is 6.10 Å². The number of guanidine groups is 1. The topological polar surface area (TPSA) is 83.0 Å². The highest BCUT2D eigenvalue weighted by atomic mass is 127. The molecule has 1 aromatic rings. The number of hydrogen-bond acceptors (Lipinski definition) is 4. The molecule has 1 aliphatic rings. The second-order valence-corrected chi connectivity index (χ2v) is 8.56. The third kappa shape index (κ3) is 8.19. The SMILES string of the molecule is CCNC(=NCCNS(=O)(=O)CC)N1CCOC(c2cccc(C(F)(F)F)c2)C1.I. The number of hydrogen-bond donors (Lipinski definition) is 2. The maximum Gasteiger partial charge on any atom is 0.416 e. The first-order valence-corrected chi connectivity index (χ1v) is 11.1. The maximum absolute atomic E-state index is 13.0. The summed E-state index contributed by atoms with van der Waals surface area (Å²) in [5.74, 6) is 0.572. The van der Waals surface area contributed by atoms with E-state index in [1.807, 2.05) is 11.8 Å². The molecule has 7 nitrogen and oxygen atoms in total. The fraction of sp³-hybridized carbons (Fsp3) is 0.611. The van der Waals surface area contributed by atoms with Crippen molar-refractivity contribution in [1.29, 1.82) is 0 Å². The number of nitrogens with one attached hydrogen (secondary N) is 2. The highest BCUT2D eigenvalue weighted by Crippen LogP contribution is 2.32. The van der Waals surface area contributed by atoms with E-state index in [0.717, 1.165) is 12.1 Å². The summed E-state index contributed by atoms with van der Waals surface area (Å²) in [5, 5.41) is 3.13. The molecule has 1 unspecified atom stereocenters. The predicted octanol–water partition coefficient (Wildman–Crippen LogP) is 2.60. The van der Waals surface area contributed by atoms with Gasteiger partial charge < -0.3 is 15.0 Å². The third-order valence-corrected chi connectivity index (χ3v) is 5.77. The van der Waals surface area contributed by atoms with Crippen LogP contribution >= 0.6 is 24.0 Å². The lowest BCUT2D eigenvalue weighted by atomic mass is 10.0. The average molecular weight is 564 g/mol. The lowest BCUT2D eigenvalue weighted by molar-refractivity contribution is -0.137. The first kappa shape index (κ1) is 26.9. The van der Waals surface area contributed by atoms with Crippen molar-refractivity contribution in [3.8, 4) is 0 Å². The van der Waals surface area contributed by atoms with Crippen LogP contribution in [0.1, 0.15) is 31.1 Å². The van der Waals surface area contributed by atoms with Gasteiger partial charge in [0.15, 0.2) is 5.96 Å². The Labute approximate surface area is 192 Å². The molecule has 1 atom stereocenters. The fourth-order valence-electron chi connectivity index (χ4n) is 2.85. The smallest absolute Gasteiger partial charge is 0.370 e. The van der Waals surface area contributed by atoms with E-state index in [4.69, 9.17) is 4.74 Å². The molecule has 1 heterocycles. The summed E-state index contributed by atoms with van der Waals surface area (Å²) in [6.45, 7) is 5.69. The summed E-state index contributed by atoms with van der Waals surface area (Å²) in [5.41, 5.74) is -0.254. The van der Waals surface area contributed by atoms with E-state index in [1.165, 1.54) is 6.07 Å². The van der Waals surface area contributed by atoms with Crippen LogP contribution in [0.3, 0.4) is 0 Å². The van der Waals surface area contributed by atoms with E-state index < -0.39 is 27.9 Å². The van der Waals surface area contributed by atoms with Crippen molar-refractivity contribution < 1.29 is 26.3 Å². The van der Waals surface area contributed by atoms with Gasteiger partial charge >= 0.3 is 6.18 Å². The molecule has 0 aromatic heterocycles. The van der Waals surface area contributed by atoms with Crippen LogP contribution in [0.4, 0.5) is 13.2 Å². The maximum atomic E-state index is 13.0. The van der Waals surface area contributed by atoms with Gasteiger partial charge in [0.2, 0.25) is 10.0 Å². The molecule has 0 saturated carbocycles. The molecule has 0 amide bonds. The molecule has 1 aliphatic heterocycles. The van der Waals surface area contributed by atoms with Gasteiger partial charge in [-0.1, -0.05) is 12.1 Å². The van der Waals surface area contributed by atoms with Crippen LogP contribution in [0, 0.1) is 0 Å². The minimum Gasteiger partial charge on any atom is -0.370 e. The van der Waals surface area contributed by atoms with Crippen molar-refractivity contribution in [3.63, 3.8) is 0 Å². The lowest BCUT2D eigenvalue weighted by Gasteiger charge is -2.35. The standard InChI is InChI=1S/C18H27F3N4O3S.HI/c1-3-22-17(23-8-9-24-29(26,27)4-2)25-10-11-28-16(13-25)14-6-5-7-15(12-14)18(19,20)21;/h5-7,12,16,24H,3-4,8-11,13H2,1-2H3,(H,22,23);1H. The van der Waals surface area contributed by atoms with Crippen LogP contribution in [0.25, 0.3) is 0 Å². The number of alkyl halides is 3. The Bertz CT molecular complexity index is 806. The number of halogens is 4. The van der Waals surface area contributed by atoms with Gasteiger partial charge in [-0.3, -0.25) is 4.99 Å². The average Bonchev–Trinajstić information content (AvgIpc) is 2.70. The summed E-state index contributed by atoms with van der Waals surface area (Å²) in [6, 6.07) is 5.14. The molecule has 30 heavy (non-hydrogen) atoms. The number of aliphatic imine (C=N–C) groups is 1. The van der Waals surface area contributed by atoms with Gasteiger partial charge in [-0.15, -0.1) is 24.0 Å². The van der Waals surface area contributed by atoms with Crippen molar-refractivity contribution in [2.24, 2.45) is 4.99 Å². The monoisotopic (exact) mass is 564 g/mol. The van der Waals surface area contributed by atoms with Crippen molar-refractivity contribution in [2.75, 3.05) is 45.1 Å². The Kier molecular flexibility index (Phi) is 10.8. The van der Waals surface area contributed by atoms with Gasteiger partial charge in [0, 0.05) is 19.6 Å². The molecule has 0 aliphatic carbocycles. The van der Waals surface area contributed by atoms with E-state index in [0.29, 0.717) is 37.8 Å². The first-order valence-electron chi connectivity index (χ1n) is 9.45. The number of ether oxygens (including phenoxy) is 1. The molecule has 12 heteroatoms. The molecule has 172 valence electrons. The summed E-state index contributed by atoms with van der Waals surface area (Å²) < 4.78 is 70.1. The quantitative estimate of drug-likeness (QED) is 0.231. The second-order valence-electron chi connectivity index (χ2n) is 6.46. The minimum absolute atomic E-state index is 0. The zero-order valence-corrected chi connectivity index (χ0v) is 20.1. The Morgan fingerprint density at radius 1 is 1.33 bits per heavy atom. The summed E-state index contributed by atoms with van der Waals surface area (Å²) in [7, 11) is -3.28. The molecule has 0 spiro atoms. The summed E-state index contributed by atoms with van der Waals surface area (Å²) in [6.07, 6.45) is -4.93. The number of sulfonamides is 1. The Hall–Kier alpha value is -1.12. The second kappa shape index (κ2) is 12.1. The number of rotatable bonds is 7. The molecule has 1 aromatic carbocycles. The number of nitrogens with zero attached hydrogens (tertiary/aromatic N) is 2. The molecule has 2 rings (SSSR count). The fourth-order valence-corrected chi connectivity index (χ4v) is 3.46. The predicted molar refractivity (Wildman–Crippen MR) is 121 cm³/mol. The lowest BCUT2D eigenvalue weighted by Crippen LogP contribution is -2.48. The van der Waals surface area contributed by atoms with E-state index >= 15 is 0 Å². The van der Waals surface area contributed by atoms with Crippen molar-refractivity contribution in [1.82, 2.24) is 14.9 Å². The van der Waals surface area contributed by atoms with E-state index in [9.17, 15) is 21.6 Å². The van der Waals surface area contributed by atoms with E-state index in [2.05, 4.69) is 15.0 Å². The molecule has 0 bridgehead atoms. The number of benzene rings is 1. The molecule has 2 N–H and O–H groups in total.